The Hall–Kier alpha value is -5.16. The summed E-state index contributed by atoms with van der Waals surface area (Å²) in [4.78, 5) is 33.9. The van der Waals surface area contributed by atoms with Crippen LogP contribution in [0.1, 0.15) is 28.9 Å². The highest BCUT2D eigenvalue weighted by Gasteiger charge is 2.20. The normalized spacial score (nSPS) is 10.5. The van der Waals surface area contributed by atoms with Crippen LogP contribution < -0.4 is 35.1 Å². The lowest BCUT2D eigenvalue weighted by Gasteiger charge is -2.10. The number of urea groups is 1. The van der Waals surface area contributed by atoms with Gasteiger partial charge < -0.3 is 34.6 Å². The quantitative estimate of drug-likeness (QED) is 0.107. The van der Waals surface area contributed by atoms with Crippen molar-refractivity contribution >= 4 is 11.9 Å². The van der Waals surface area contributed by atoms with Gasteiger partial charge in [0.1, 0.15) is 28.7 Å². The molecule has 4 rings (SSSR count). The van der Waals surface area contributed by atoms with Crippen molar-refractivity contribution in [3.05, 3.63) is 84.1 Å². The molecule has 0 aliphatic carbocycles. The highest BCUT2D eigenvalue weighted by atomic mass is 16.7. The molecule has 0 unspecified atom stereocenters. The van der Waals surface area contributed by atoms with Gasteiger partial charge in [0.15, 0.2) is 0 Å². The molecule has 232 valence electrons. The van der Waals surface area contributed by atoms with E-state index < -0.39 is 6.03 Å². The number of carbonyl (C=O) groups excluding carboxylic acids is 2. The zero-order chi connectivity index (χ0) is 31.3. The third-order valence-corrected chi connectivity index (χ3v) is 6.79. The van der Waals surface area contributed by atoms with Crippen molar-refractivity contribution in [1.82, 2.24) is 21.1 Å². The molecule has 0 radical (unpaired) electrons. The molecule has 3 aromatic carbocycles. The minimum absolute atomic E-state index is 0.274. The molecule has 0 bridgehead atoms. The third kappa shape index (κ3) is 8.68. The summed E-state index contributed by atoms with van der Waals surface area (Å²) in [7, 11) is 6.32. The Kier molecular flexibility index (Phi) is 11.5. The highest BCUT2D eigenvalue weighted by molar-refractivity contribution is 6.01. The van der Waals surface area contributed by atoms with Gasteiger partial charge in [-0.25, -0.2) is 10.3 Å². The minimum Gasteiger partial charge on any atom is -0.497 e. The fourth-order valence-corrected chi connectivity index (χ4v) is 4.48. The van der Waals surface area contributed by atoms with Crippen molar-refractivity contribution in [2.24, 2.45) is 0 Å². The molecule has 0 aliphatic heterocycles. The average Bonchev–Trinajstić information content (AvgIpc) is 3.52. The largest absolute Gasteiger partial charge is 0.497 e. The smallest absolute Gasteiger partial charge is 0.338 e. The molecule has 0 saturated carbocycles. The molecule has 4 N–H and O–H groups in total. The van der Waals surface area contributed by atoms with E-state index in [2.05, 4.69) is 21.1 Å². The molecule has 0 atom stereocenters. The number of nitrogens with one attached hydrogen (secondary N) is 4. The van der Waals surface area contributed by atoms with Crippen LogP contribution in [0.25, 0.3) is 22.4 Å². The van der Waals surface area contributed by atoms with Crippen LogP contribution in [0.2, 0.25) is 0 Å². The van der Waals surface area contributed by atoms with Gasteiger partial charge in [-0.3, -0.25) is 9.63 Å². The number of amides is 3. The molecule has 11 heteroatoms. The van der Waals surface area contributed by atoms with E-state index in [0.29, 0.717) is 65.9 Å². The number of ether oxygens (including phenoxy) is 4. The first-order chi connectivity index (χ1) is 21.4. The number of methoxy groups -OCH3 is 4. The maximum atomic E-state index is 13.5. The first-order valence-electron chi connectivity index (χ1n) is 14.1. The second kappa shape index (κ2) is 15.9. The second-order valence-corrected chi connectivity index (χ2v) is 9.77. The van der Waals surface area contributed by atoms with E-state index >= 15 is 0 Å². The number of carbonyl (C=O) groups is 2. The van der Waals surface area contributed by atoms with Crippen molar-refractivity contribution in [2.45, 2.75) is 19.4 Å². The molecule has 4 aromatic rings. The lowest BCUT2D eigenvalue weighted by Crippen LogP contribution is -2.36. The lowest BCUT2D eigenvalue weighted by atomic mass is 10.0. The zero-order valence-electron chi connectivity index (χ0n) is 25.3. The van der Waals surface area contributed by atoms with Crippen LogP contribution in [0.3, 0.4) is 0 Å². The van der Waals surface area contributed by atoms with Crippen molar-refractivity contribution in [1.29, 1.82) is 0 Å². The molecule has 0 aliphatic rings. The van der Waals surface area contributed by atoms with Crippen molar-refractivity contribution in [3.8, 4) is 45.4 Å². The summed E-state index contributed by atoms with van der Waals surface area (Å²) < 4.78 is 21.8. The first-order valence-corrected chi connectivity index (χ1v) is 14.1. The Morgan fingerprint density at radius 2 is 1.23 bits per heavy atom. The average molecular weight is 603 g/mol. The summed E-state index contributed by atoms with van der Waals surface area (Å²) >= 11 is 0. The van der Waals surface area contributed by atoms with Crippen LogP contribution in [-0.2, 0) is 11.4 Å². The number of hydrogen-bond acceptors (Lipinski definition) is 7. The number of benzene rings is 3. The molecule has 0 fully saturated rings. The van der Waals surface area contributed by atoms with Gasteiger partial charge in [-0.2, -0.15) is 0 Å². The topological polar surface area (TPSA) is 132 Å². The predicted octanol–water partition coefficient (Wildman–Crippen LogP) is 5.32. The van der Waals surface area contributed by atoms with Crippen LogP contribution in [0.5, 0.6) is 23.0 Å². The maximum Gasteiger partial charge on any atom is 0.338 e. The van der Waals surface area contributed by atoms with Gasteiger partial charge in [-0.05, 0) is 54.3 Å². The van der Waals surface area contributed by atoms with Gasteiger partial charge >= 0.3 is 6.03 Å². The molecule has 1 heterocycles. The lowest BCUT2D eigenvalue weighted by molar-refractivity contribution is 0.0491. The maximum absolute atomic E-state index is 13.5. The molecule has 1 aromatic heterocycles. The van der Waals surface area contributed by atoms with Gasteiger partial charge in [0.05, 0.1) is 35.0 Å². The number of unbranched alkanes of at least 4 members (excludes halogenated alkanes) is 1. The second-order valence-electron chi connectivity index (χ2n) is 9.77. The molecular weight excluding hydrogens is 564 g/mol. The summed E-state index contributed by atoms with van der Waals surface area (Å²) in [5.41, 5.74) is 6.61. The van der Waals surface area contributed by atoms with Gasteiger partial charge in [0.25, 0.3) is 5.91 Å². The van der Waals surface area contributed by atoms with Crippen molar-refractivity contribution in [3.63, 3.8) is 0 Å². The summed E-state index contributed by atoms with van der Waals surface area (Å²) in [5.74, 6) is 2.16. The van der Waals surface area contributed by atoms with Gasteiger partial charge in [0, 0.05) is 42.0 Å². The van der Waals surface area contributed by atoms with Gasteiger partial charge in [-0.1, -0.05) is 30.3 Å². The number of hydroxylamine groups is 1. The summed E-state index contributed by atoms with van der Waals surface area (Å²) in [6.07, 6.45) is 1.31. The highest BCUT2D eigenvalue weighted by Crippen LogP contribution is 2.36. The Bertz CT molecular complexity index is 1490. The van der Waals surface area contributed by atoms with Gasteiger partial charge in [-0.15, -0.1) is 0 Å². The monoisotopic (exact) mass is 602 g/mol. The van der Waals surface area contributed by atoms with Crippen LogP contribution >= 0.6 is 0 Å². The van der Waals surface area contributed by atoms with Crippen LogP contribution in [0.4, 0.5) is 4.79 Å². The SMILES string of the molecule is COc1cc(OC)cc(-c2cc(-c3cc(OC)cc(OC)c3)c(C(=O)NCCCCNC(=O)NOCc3ccccc3)[nH]2)c1. The number of H-pyrrole nitrogens is 1. The number of rotatable bonds is 15. The summed E-state index contributed by atoms with van der Waals surface area (Å²) in [6.45, 7) is 1.11. The van der Waals surface area contributed by atoms with Crippen molar-refractivity contribution < 1.29 is 33.4 Å². The number of aromatic nitrogens is 1. The molecule has 0 saturated heterocycles. The Morgan fingerprint density at radius 1 is 0.682 bits per heavy atom. The predicted molar refractivity (Wildman–Crippen MR) is 167 cm³/mol. The fraction of sp³-hybridized carbons (Fsp3) is 0.273. The number of hydrogen-bond donors (Lipinski definition) is 4. The van der Waals surface area contributed by atoms with Crippen molar-refractivity contribution in [2.75, 3.05) is 41.5 Å². The van der Waals surface area contributed by atoms with E-state index in [1.807, 2.05) is 60.7 Å². The Balaban J connectivity index is 1.40. The fourth-order valence-electron chi connectivity index (χ4n) is 4.48. The Labute approximate surface area is 256 Å². The van der Waals surface area contributed by atoms with E-state index in [4.69, 9.17) is 23.8 Å². The molecule has 3 amide bonds. The molecule has 11 nitrogen and oxygen atoms in total. The van der Waals surface area contributed by atoms with Crippen LogP contribution in [0.15, 0.2) is 72.8 Å². The summed E-state index contributed by atoms with van der Waals surface area (Å²) in [5, 5.41) is 5.72. The van der Waals surface area contributed by atoms with E-state index in [9.17, 15) is 9.59 Å². The Morgan fingerprint density at radius 3 is 1.80 bits per heavy atom. The van der Waals surface area contributed by atoms with Gasteiger partial charge in [0.2, 0.25) is 0 Å². The third-order valence-electron chi connectivity index (χ3n) is 6.79. The standard InChI is InChI=1S/C33H38N4O7/c1-40-25-14-23(15-26(18-25)41-2)29-20-30(24-16-27(42-3)19-28(17-24)43-4)36-31(29)32(38)34-12-8-9-13-35-33(39)37-44-21-22-10-6-5-7-11-22/h5-7,10-11,14-20,36H,8-9,12-13,21H2,1-4H3,(H,34,38)(H2,35,37,39). The molecular formula is C33H38N4O7. The summed E-state index contributed by atoms with van der Waals surface area (Å²) in [6, 6.07) is 22.0. The molecule has 0 spiro atoms. The van der Waals surface area contributed by atoms with E-state index in [1.165, 1.54) is 0 Å². The van der Waals surface area contributed by atoms with Crippen LogP contribution in [-0.4, -0.2) is 58.5 Å². The zero-order valence-corrected chi connectivity index (χ0v) is 25.3. The number of aromatic amines is 1. The van der Waals surface area contributed by atoms with E-state index in [0.717, 1.165) is 16.7 Å². The van der Waals surface area contributed by atoms with E-state index in [1.54, 1.807) is 40.6 Å². The van der Waals surface area contributed by atoms with E-state index in [-0.39, 0.29) is 12.5 Å². The first kappa shape index (κ1) is 31.8. The molecule has 44 heavy (non-hydrogen) atoms. The van der Waals surface area contributed by atoms with Crippen LogP contribution in [0, 0.1) is 0 Å². The minimum atomic E-state index is -0.420.